The second-order valence-corrected chi connectivity index (χ2v) is 5.27. The molecule has 0 spiro atoms. The zero-order chi connectivity index (χ0) is 11.8. The molecule has 3 aliphatic heterocycles. The fraction of sp³-hybridized carbons (Fsp3) is 0.429. The molecule has 17 heavy (non-hydrogen) atoms. The Bertz CT molecular complexity index is 445. The summed E-state index contributed by atoms with van der Waals surface area (Å²) in [7, 11) is 0. The highest BCUT2D eigenvalue weighted by Crippen LogP contribution is 2.36. The summed E-state index contributed by atoms with van der Waals surface area (Å²) in [4.78, 5) is 2.29. The molecule has 1 unspecified atom stereocenters. The molecule has 4 rings (SSSR count). The molecule has 3 saturated heterocycles. The van der Waals surface area contributed by atoms with Gasteiger partial charge >= 0.3 is 0 Å². The summed E-state index contributed by atoms with van der Waals surface area (Å²) in [6, 6.07) is 7.78. The molecule has 0 aromatic heterocycles. The van der Waals surface area contributed by atoms with Crippen LogP contribution in [-0.4, -0.2) is 29.2 Å². The van der Waals surface area contributed by atoms with Crippen molar-refractivity contribution in [3.05, 3.63) is 40.5 Å². The Kier molecular flexibility index (Phi) is 2.85. The van der Waals surface area contributed by atoms with E-state index < -0.39 is 0 Å². The fourth-order valence-electron chi connectivity index (χ4n) is 2.83. The van der Waals surface area contributed by atoms with Gasteiger partial charge in [-0.15, -0.1) is 0 Å². The zero-order valence-electron chi connectivity index (χ0n) is 9.64. The van der Waals surface area contributed by atoms with E-state index in [4.69, 9.17) is 11.6 Å². The Balaban J connectivity index is 1.96. The number of hydrogen-bond donors (Lipinski definition) is 1. The highest BCUT2D eigenvalue weighted by atomic mass is 35.5. The van der Waals surface area contributed by atoms with Crippen molar-refractivity contribution < 1.29 is 5.11 Å². The highest BCUT2D eigenvalue weighted by Gasteiger charge is 2.36. The summed E-state index contributed by atoms with van der Waals surface area (Å²) in [5.41, 5.74) is 2.04. The van der Waals surface area contributed by atoms with Gasteiger partial charge in [-0.1, -0.05) is 29.8 Å². The quantitative estimate of drug-likeness (QED) is 0.827. The Labute approximate surface area is 107 Å². The van der Waals surface area contributed by atoms with Gasteiger partial charge in [-0.25, -0.2) is 0 Å². The Hall–Kier alpha value is -0.990. The first-order valence-corrected chi connectivity index (χ1v) is 6.52. The van der Waals surface area contributed by atoms with Crippen LogP contribution in [0.3, 0.4) is 0 Å². The number of fused-ring (bicyclic) bond motifs is 3. The van der Waals surface area contributed by atoms with Gasteiger partial charge in [0.1, 0.15) is 0 Å². The predicted octanol–water partition coefficient (Wildman–Crippen LogP) is 2.77. The predicted molar refractivity (Wildman–Crippen MR) is 69.7 cm³/mol. The third-order valence-electron chi connectivity index (χ3n) is 3.86. The van der Waals surface area contributed by atoms with E-state index in [0.717, 1.165) is 42.2 Å². The number of benzene rings is 1. The molecule has 1 atom stereocenters. The maximum absolute atomic E-state index is 10.3. The standard InChI is InChI=1S/C14H16ClNO/c15-12-4-2-1-3-11(12)9-13-14(17)10-5-7-16(13)8-6-10/h1-4,9-10,14,17H,5-8H2/b13-9-. The first-order chi connectivity index (χ1) is 8.25. The third-order valence-corrected chi connectivity index (χ3v) is 4.21. The summed E-state index contributed by atoms with van der Waals surface area (Å²) in [6.45, 7) is 2.13. The number of rotatable bonds is 1. The van der Waals surface area contributed by atoms with Crippen LogP contribution in [0, 0.1) is 5.92 Å². The lowest BCUT2D eigenvalue weighted by atomic mass is 9.83. The van der Waals surface area contributed by atoms with Gasteiger partial charge < -0.3 is 10.0 Å². The number of nitrogens with zero attached hydrogens (tertiary/aromatic N) is 1. The van der Waals surface area contributed by atoms with E-state index in [2.05, 4.69) is 4.90 Å². The minimum atomic E-state index is -0.311. The molecule has 90 valence electrons. The van der Waals surface area contributed by atoms with Crippen molar-refractivity contribution in [3.8, 4) is 0 Å². The molecular weight excluding hydrogens is 234 g/mol. The molecule has 1 aromatic rings. The van der Waals surface area contributed by atoms with Crippen LogP contribution in [0.4, 0.5) is 0 Å². The van der Waals surface area contributed by atoms with Crippen LogP contribution in [0.5, 0.6) is 0 Å². The highest BCUT2D eigenvalue weighted by molar-refractivity contribution is 6.32. The van der Waals surface area contributed by atoms with Gasteiger partial charge in [0.2, 0.25) is 0 Å². The van der Waals surface area contributed by atoms with Gasteiger partial charge in [-0.05, 0) is 36.5 Å². The van der Waals surface area contributed by atoms with Crippen LogP contribution in [0.25, 0.3) is 6.08 Å². The lowest BCUT2D eigenvalue weighted by Gasteiger charge is -2.46. The van der Waals surface area contributed by atoms with E-state index in [-0.39, 0.29) is 6.10 Å². The second kappa shape index (κ2) is 4.35. The Morgan fingerprint density at radius 2 is 1.94 bits per heavy atom. The first kappa shape index (κ1) is 11.1. The average molecular weight is 250 g/mol. The molecule has 2 bridgehead atoms. The van der Waals surface area contributed by atoms with Crippen LogP contribution in [0.15, 0.2) is 30.0 Å². The number of hydrogen-bond acceptors (Lipinski definition) is 2. The smallest absolute Gasteiger partial charge is 0.0965 e. The molecular formula is C14H16ClNO. The summed E-state index contributed by atoms with van der Waals surface area (Å²) >= 11 is 6.15. The molecule has 1 N–H and O–H groups in total. The van der Waals surface area contributed by atoms with Crippen molar-refractivity contribution in [2.75, 3.05) is 13.1 Å². The molecule has 2 nitrogen and oxygen atoms in total. The Morgan fingerprint density at radius 3 is 2.59 bits per heavy atom. The lowest BCUT2D eigenvalue weighted by Crippen LogP contribution is -2.48. The molecule has 3 fully saturated rings. The molecule has 3 aliphatic rings. The number of aliphatic hydroxyl groups is 1. The summed E-state index contributed by atoms with van der Waals surface area (Å²) in [5.74, 6) is 0.439. The largest absolute Gasteiger partial charge is 0.387 e. The normalized spacial score (nSPS) is 30.0. The van der Waals surface area contributed by atoms with E-state index in [9.17, 15) is 5.11 Å². The van der Waals surface area contributed by atoms with Crippen molar-refractivity contribution in [3.63, 3.8) is 0 Å². The molecule has 3 heteroatoms. The van der Waals surface area contributed by atoms with E-state index in [1.165, 1.54) is 0 Å². The third kappa shape index (κ3) is 1.96. The number of piperidine rings is 3. The second-order valence-electron chi connectivity index (χ2n) is 4.86. The van der Waals surface area contributed by atoms with Gasteiger partial charge in [0.05, 0.1) is 6.10 Å². The van der Waals surface area contributed by atoms with Crippen LogP contribution >= 0.6 is 11.6 Å². The summed E-state index contributed by atoms with van der Waals surface area (Å²) < 4.78 is 0. The maximum Gasteiger partial charge on any atom is 0.0965 e. The topological polar surface area (TPSA) is 23.5 Å². The van der Waals surface area contributed by atoms with Gasteiger partial charge in [0.25, 0.3) is 0 Å². The molecule has 1 aromatic carbocycles. The van der Waals surface area contributed by atoms with Gasteiger partial charge in [0, 0.05) is 23.8 Å². The Morgan fingerprint density at radius 1 is 1.24 bits per heavy atom. The van der Waals surface area contributed by atoms with Crippen molar-refractivity contribution in [2.24, 2.45) is 5.92 Å². The SMILES string of the molecule is OC1/C(=C/c2ccccc2Cl)N2CCC1CC2. The zero-order valence-corrected chi connectivity index (χ0v) is 10.4. The minimum absolute atomic E-state index is 0.311. The van der Waals surface area contributed by atoms with E-state index in [0.29, 0.717) is 5.92 Å². The summed E-state index contributed by atoms with van der Waals surface area (Å²) in [6.07, 6.45) is 3.95. The van der Waals surface area contributed by atoms with Crippen LogP contribution in [-0.2, 0) is 0 Å². The molecule has 0 saturated carbocycles. The maximum atomic E-state index is 10.3. The molecule has 0 radical (unpaired) electrons. The molecule has 3 heterocycles. The van der Waals surface area contributed by atoms with Crippen molar-refractivity contribution in [1.29, 1.82) is 0 Å². The fourth-order valence-corrected chi connectivity index (χ4v) is 3.02. The lowest BCUT2D eigenvalue weighted by molar-refractivity contribution is 0.0215. The average Bonchev–Trinajstić information content (AvgIpc) is 2.36. The van der Waals surface area contributed by atoms with E-state index in [1.54, 1.807) is 0 Å². The van der Waals surface area contributed by atoms with E-state index >= 15 is 0 Å². The van der Waals surface area contributed by atoms with Gasteiger partial charge in [-0.3, -0.25) is 0 Å². The monoisotopic (exact) mass is 249 g/mol. The molecule has 0 amide bonds. The van der Waals surface area contributed by atoms with Crippen LogP contribution < -0.4 is 0 Å². The molecule has 0 aliphatic carbocycles. The van der Waals surface area contributed by atoms with Gasteiger partial charge in [-0.2, -0.15) is 0 Å². The van der Waals surface area contributed by atoms with Crippen LogP contribution in [0.1, 0.15) is 18.4 Å². The number of aliphatic hydroxyl groups excluding tert-OH is 1. The first-order valence-electron chi connectivity index (χ1n) is 6.15. The van der Waals surface area contributed by atoms with Crippen molar-refractivity contribution in [2.45, 2.75) is 18.9 Å². The van der Waals surface area contributed by atoms with Crippen LogP contribution in [0.2, 0.25) is 5.02 Å². The van der Waals surface area contributed by atoms with Crippen molar-refractivity contribution >= 4 is 17.7 Å². The van der Waals surface area contributed by atoms with Crippen molar-refractivity contribution in [1.82, 2.24) is 4.90 Å². The summed E-state index contributed by atoms with van der Waals surface area (Å²) in [5, 5.41) is 11.0. The van der Waals surface area contributed by atoms with E-state index in [1.807, 2.05) is 30.3 Å². The number of halogens is 1. The minimum Gasteiger partial charge on any atom is -0.387 e. The van der Waals surface area contributed by atoms with Gasteiger partial charge in [0.15, 0.2) is 0 Å².